The van der Waals surface area contributed by atoms with Gasteiger partial charge < -0.3 is 9.84 Å². The first kappa shape index (κ1) is 17.6. The van der Waals surface area contributed by atoms with E-state index in [2.05, 4.69) is 25.5 Å². The molecule has 3 heterocycles. The first-order valence-electron chi connectivity index (χ1n) is 8.74. The summed E-state index contributed by atoms with van der Waals surface area (Å²) in [6.07, 6.45) is 1.96. The monoisotopic (exact) mass is 346 g/mol. The van der Waals surface area contributed by atoms with Gasteiger partial charge in [-0.15, -0.1) is 0 Å². The van der Waals surface area contributed by atoms with E-state index in [1.54, 1.807) is 4.68 Å². The highest BCUT2D eigenvalue weighted by molar-refractivity contribution is 5.93. The van der Waals surface area contributed by atoms with Gasteiger partial charge in [0, 0.05) is 13.0 Å². The molecule has 1 saturated heterocycles. The van der Waals surface area contributed by atoms with E-state index < -0.39 is 0 Å². The van der Waals surface area contributed by atoms with Crippen LogP contribution in [0.25, 0.3) is 0 Å². The number of carbonyl (C=O) groups is 1. The molecule has 3 rings (SSSR count). The Kier molecular flexibility index (Phi) is 4.89. The van der Waals surface area contributed by atoms with Crippen LogP contribution in [-0.4, -0.2) is 43.8 Å². The van der Waals surface area contributed by atoms with Gasteiger partial charge in [0.1, 0.15) is 0 Å². The summed E-state index contributed by atoms with van der Waals surface area (Å²) in [5, 5.41) is 11.4. The minimum Gasteiger partial charge on any atom is -0.339 e. The Morgan fingerprint density at radius 1 is 1.40 bits per heavy atom. The third kappa shape index (κ3) is 3.58. The molecule has 1 amide bonds. The van der Waals surface area contributed by atoms with Crippen molar-refractivity contribution in [1.29, 1.82) is 0 Å². The number of rotatable bonds is 5. The van der Waals surface area contributed by atoms with Gasteiger partial charge >= 0.3 is 0 Å². The predicted octanol–water partition coefficient (Wildman–Crippen LogP) is 2.32. The Balaban J connectivity index is 1.67. The zero-order chi connectivity index (χ0) is 18.1. The number of amides is 1. The summed E-state index contributed by atoms with van der Waals surface area (Å²) in [7, 11) is 1.87. The maximum Gasteiger partial charge on any atom is 0.238 e. The van der Waals surface area contributed by atoms with Gasteiger partial charge in [0.25, 0.3) is 0 Å². The predicted molar refractivity (Wildman–Crippen MR) is 93.2 cm³/mol. The number of hydrogen-bond donors (Lipinski definition) is 1. The van der Waals surface area contributed by atoms with E-state index in [0.29, 0.717) is 18.3 Å². The molecule has 0 aromatic carbocycles. The van der Waals surface area contributed by atoms with Crippen molar-refractivity contribution >= 4 is 11.6 Å². The van der Waals surface area contributed by atoms with Crippen molar-refractivity contribution in [2.75, 3.05) is 18.4 Å². The summed E-state index contributed by atoms with van der Waals surface area (Å²) in [5.74, 6) is 1.49. The lowest BCUT2D eigenvalue weighted by molar-refractivity contribution is -0.117. The van der Waals surface area contributed by atoms with E-state index in [1.165, 1.54) is 0 Å². The Labute approximate surface area is 147 Å². The lowest BCUT2D eigenvalue weighted by atomic mass is 10.2. The average Bonchev–Trinajstić information content (AvgIpc) is 3.24. The van der Waals surface area contributed by atoms with Gasteiger partial charge in [0.15, 0.2) is 5.82 Å². The van der Waals surface area contributed by atoms with Crippen molar-refractivity contribution in [1.82, 2.24) is 24.8 Å². The number of hydrogen-bond acceptors (Lipinski definition) is 6. The molecule has 25 heavy (non-hydrogen) atoms. The summed E-state index contributed by atoms with van der Waals surface area (Å²) in [6.45, 7) is 9.05. The minimum atomic E-state index is -0.0429. The molecule has 0 aliphatic carbocycles. The topological polar surface area (TPSA) is 89.1 Å². The average molecular weight is 346 g/mol. The Morgan fingerprint density at radius 2 is 2.16 bits per heavy atom. The summed E-state index contributed by atoms with van der Waals surface area (Å²) in [4.78, 5) is 19.1. The van der Waals surface area contributed by atoms with E-state index in [9.17, 15) is 4.79 Å². The molecule has 1 aliphatic heterocycles. The van der Waals surface area contributed by atoms with Crippen molar-refractivity contribution in [3.8, 4) is 0 Å². The van der Waals surface area contributed by atoms with Gasteiger partial charge in [0.2, 0.25) is 11.8 Å². The molecule has 1 aliphatic rings. The number of likely N-dealkylation sites (tertiary alicyclic amines) is 1. The molecular formula is C17H26N6O2. The summed E-state index contributed by atoms with van der Waals surface area (Å²) >= 11 is 0. The number of aromatic nitrogens is 4. The van der Waals surface area contributed by atoms with Gasteiger partial charge in [-0.3, -0.25) is 14.4 Å². The highest BCUT2D eigenvalue weighted by atomic mass is 16.5. The lowest BCUT2D eigenvalue weighted by Gasteiger charge is -2.21. The fourth-order valence-electron chi connectivity index (χ4n) is 3.24. The molecule has 2 aromatic rings. The van der Waals surface area contributed by atoms with E-state index in [1.807, 2.05) is 34.7 Å². The Hall–Kier alpha value is -2.22. The highest BCUT2D eigenvalue weighted by Crippen LogP contribution is 2.30. The SMILES string of the molecule is Cc1nn(C)c(C)c1NC(=O)CN1CCC[C@H]1c1noc(C(C)C)n1. The van der Waals surface area contributed by atoms with Crippen LogP contribution in [0, 0.1) is 13.8 Å². The third-order valence-corrected chi connectivity index (χ3v) is 4.73. The van der Waals surface area contributed by atoms with Crippen LogP contribution >= 0.6 is 0 Å². The molecule has 0 unspecified atom stereocenters. The molecule has 8 heteroatoms. The molecule has 0 saturated carbocycles. The lowest BCUT2D eigenvalue weighted by Crippen LogP contribution is -2.33. The molecular weight excluding hydrogens is 320 g/mol. The second kappa shape index (κ2) is 6.95. The molecule has 0 spiro atoms. The quantitative estimate of drug-likeness (QED) is 0.894. The number of nitrogens with zero attached hydrogens (tertiary/aromatic N) is 5. The van der Waals surface area contributed by atoms with Crippen LogP contribution in [-0.2, 0) is 11.8 Å². The largest absolute Gasteiger partial charge is 0.339 e. The smallest absolute Gasteiger partial charge is 0.238 e. The van der Waals surface area contributed by atoms with Gasteiger partial charge in [0.05, 0.1) is 29.7 Å². The van der Waals surface area contributed by atoms with E-state index in [4.69, 9.17) is 4.52 Å². The van der Waals surface area contributed by atoms with Crippen LogP contribution in [0.5, 0.6) is 0 Å². The minimum absolute atomic E-state index is 0.0399. The van der Waals surface area contributed by atoms with Crippen LogP contribution < -0.4 is 5.32 Å². The normalized spacial score (nSPS) is 18.2. The first-order valence-corrected chi connectivity index (χ1v) is 8.74. The van der Waals surface area contributed by atoms with Gasteiger partial charge in [-0.2, -0.15) is 10.1 Å². The molecule has 1 fully saturated rings. The summed E-state index contributed by atoms with van der Waals surface area (Å²) in [5.41, 5.74) is 2.57. The molecule has 2 aromatic heterocycles. The van der Waals surface area contributed by atoms with Crippen LogP contribution in [0.1, 0.15) is 61.8 Å². The molecule has 136 valence electrons. The van der Waals surface area contributed by atoms with Gasteiger partial charge in [-0.25, -0.2) is 0 Å². The van der Waals surface area contributed by atoms with E-state index in [0.717, 1.165) is 36.5 Å². The van der Waals surface area contributed by atoms with Crippen LogP contribution in [0.2, 0.25) is 0 Å². The Morgan fingerprint density at radius 3 is 2.76 bits per heavy atom. The van der Waals surface area contributed by atoms with Crippen LogP contribution in [0.15, 0.2) is 4.52 Å². The second-order valence-corrected chi connectivity index (χ2v) is 6.99. The second-order valence-electron chi connectivity index (χ2n) is 6.99. The maximum absolute atomic E-state index is 12.5. The number of carbonyl (C=O) groups excluding carboxylic acids is 1. The third-order valence-electron chi connectivity index (χ3n) is 4.73. The zero-order valence-electron chi connectivity index (χ0n) is 15.5. The number of anilines is 1. The first-order chi connectivity index (χ1) is 11.9. The molecule has 0 bridgehead atoms. The van der Waals surface area contributed by atoms with Crippen LogP contribution in [0.3, 0.4) is 0 Å². The molecule has 0 radical (unpaired) electrons. The van der Waals surface area contributed by atoms with Crippen molar-refractivity contribution in [2.45, 2.75) is 52.5 Å². The highest BCUT2D eigenvalue weighted by Gasteiger charge is 2.31. The van der Waals surface area contributed by atoms with Crippen LogP contribution in [0.4, 0.5) is 5.69 Å². The van der Waals surface area contributed by atoms with E-state index in [-0.39, 0.29) is 17.9 Å². The van der Waals surface area contributed by atoms with Crippen molar-refractivity contribution < 1.29 is 9.32 Å². The van der Waals surface area contributed by atoms with Gasteiger partial charge in [-0.05, 0) is 33.2 Å². The molecule has 8 nitrogen and oxygen atoms in total. The summed E-state index contributed by atoms with van der Waals surface area (Å²) in [6, 6.07) is 0.0399. The summed E-state index contributed by atoms with van der Waals surface area (Å²) < 4.78 is 7.10. The fourth-order valence-corrected chi connectivity index (χ4v) is 3.24. The standard InChI is InChI=1S/C17H26N6O2/c1-10(2)17-19-16(21-25-17)13-7-6-8-23(13)9-14(24)18-15-11(3)20-22(5)12(15)4/h10,13H,6-9H2,1-5H3,(H,18,24)/t13-/m0/s1. The maximum atomic E-state index is 12.5. The molecule has 1 N–H and O–H groups in total. The molecule has 1 atom stereocenters. The Bertz CT molecular complexity index is 763. The number of aryl methyl sites for hydroxylation is 2. The van der Waals surface area contributed by atoms with Gasteiger partial charge in [-0.1, -0.05) is 19.0 Å². The van der Waals surface area contributed by atoms with E-state index >= 15 is 0 Å². The fraction of sp³-hybridized carbons (Fsp3) is 0.647. The number of nitrogens with one attached hydrogen (secondary N) is 1. The zero-order valence-corrected chi connectivity index (χ0v) is 15.5. The van der Waals surface area contributed by atoms with Crippen molar-refractivity contribution in [2.24, 2.45) is 7.05 Å². The van der Waals surface area contributed by atoms with Crippen molar-refractivity contribution in [3.05, 3.63) is 23.1 Å². The van der Waals surface area contributed by atoms with Crippen molar-refractivity contribution in [3.63, 3.8) is 0 Å².